The molecule has 0 fully saturated rings. The fourth-order valence-corrected chi connectivity index (χ4v) is 6.03. The summed E-state index contributed by atoms with van der Waals surface area (Å²) in [4.78, 5) is 0. The number of allylic oxidation sites excluding steroid dienone is 1. The minimum Gasteiger partial charge on any atom is -0.0836 e. The Morgan fingerprint density at radius 1 is 0.800 bits per heavy atom. The van der Waals surface area contributed by atoms with Crippen LogP contribution in [0.15, 0.2) is 72.8 Å². The van der Waals surface area contributed by atoms with Crippen molar-refractivity contribution in [3.05, 3.63) is 101 Å². The standard InChI is InChI=1S/C30H28/c1-20-25(18-17-24-16-14-21-7-2-4-11-27(21)29(20)24)19-26-10-6-9-23-15-13-22-8-3-5-12-28(22)30(23)26/h2,4-7,9-16,20,25H,3,8,17-19H2,1H3/t20-,25+/m1/s1. The summed E-state index contributed by atoms with van der Waals surface area (Å²) in [5, 5.41) is 5.74. The van der Waals surface area contributed by atoms with Crippen molar-refractivity contribution in [2.24, 2.45) is 5.92 Å². The Kier molecular flexibility index (Phi) is 4.27. The first-order chi connectivity index (χ1) is 14.8. The highest BCUT2D eigenvalue weighted by molar-refractivity contribution is 5.95. The molecule has 0 nitrogen and oxygen atoms in total. The smallest absolute Gasteiger partial charge is 0.00766 e. The summed E-state index contributed by atoms with van der Waals surface area (Å²) in [7, 11) is 0. The van der Waals surface area contributed by atoms with Crippen molar-refractivity contribution >= 4 is 27.6 Å². The van der Waals surface area contributed by atoms with Gasteiger partial charge in [0, 0.05) is 0 Å². The lowest BCUT2D eigenvalue weighted by Gasteiger charge is -2.33. The molecule has 0 N–H and O–H groups in total. The van der Waals surface area contributed by atoms with Gasteiger partial charge in [0.1, 0.15) is 0 Å². The summed E-state index contributed by atoms with van der Waals surface area (Å²) in [5.41, 5.74) is 7.70. The average Bonchev–Trinajstić information content (AvgIpc) is 2.80. The van der Waals surface area contributed by atoms with Gasteiger partial charge in [0.15, 0.2) is 0 Å². The van der Waals surface area contributed by atoms with Crippen molar-refractivity contribution in [2.75, 3.05) is 0 Å². The van der Waals surface area contributed by atoms with Gasteiger partial charge in [-0.15, -0.1) is 0 Å². The van der Waals surface area contributed by atoms with Gasteiger partial charge in [-0.1, -0.05) is 85.8 Å². The van der Waals surface area contributed by atoms with E-state index in [0.717, 1.165) is 0 Å². The maximum Gasteiger partial charge on any atom is -0.00766 e. The first-order valence-electron chi connectivity index (χ1n) is 11.5. The summed E-state index contributed by atoms with van der Waals surface area (Å²) >= 11 is 0. The van der Waals surface area contributed by atoms with E-state index in [2.05, 4.69) is 85.8 Å². The molecule has 0 amide bonds. The van der Waals surface area contributed by atoms with Crippen LogP contribution < -0.4 is 0 Å². The molecule has 0 unspecified atom stereocenters. The van der Waals surface area contributed by atoms with Crippen LogP contribution in [0.5, 0.6) is 0 Å². The predicted molar refractivity (Wildman–Crippen MR) is 129 cm³/mol. The highest BCUT2D eigenvalue weighted by atomic mass is 14.3. The molecule has 0 spiro atoms. The van der Waals surface area contributed by atoms with Crippen molar-refractivity contribution in [3.8, 4) is 0 Å². The van der Waals surface area contributed by atoms with Crippen molar-refractivity contribution in [1.82, 2.24) is 0 Å². The molecule has 2 atom stereocenters. The van der Waals surface area contributed by atoms with E-state index >= 15 is 0 Å². The van der Waals surface area contributed by atoms with Gasteiger partial charge in [-0.3, -0.25) is 0 Å². The number of aryl methyl sites for hydroxylation is 2. The lowest BCUT2D eigenvalue weighted by molar-refractivity contribution is 0.392. The fraction of sp³-hybridized carbons (Fsp3) is 0.267. The van der Waals surface area contributed by atoms with Crippen LogP contribution in [0.3, 0.4) is 0 Å². The largest absolute Gasteiger partial charge is 0.0836 e. The van der Waals surface area contributed by atoms with Crippen LogP contribution in [-0.2, 0) is 19.3 Å². The zero-order valence-corrected chi connectivity index (χ0v) is 17.7. The number of fused-ring (bicyclic) bond motifs is 6. The molecule has 4 aromatic carbocycles. The highest BCUT2D eigenvalue weighted by Crippen LogP contribution is 2.42. The van der Waals surface area contributed by atoms with Gasteiger partial charge in [0.05, 0.1) is 0 Å². The number of hydrogen-bond acceptors (Lipinski definition) is 0. The maximum atomic E-state index is 2.47. The van der Waals surface area contributed by atoms with Crippen LogP contribution in [0.4, 0.5) is 0 Å². The van der Waals surface area contributed by atoms with Crippen molar-refractivity contribution < 1.29 is 0 Å². The van der Waals surface area contributed by atoms with E-state index < -0.39 is 0 Å². The van der Waals surface area contributed by atoms with Crippen LogP contribution in [0.2, 0.25) is 0 Å². The second-order valence-electron chi connectivity index (χ2n) is 9.25. The van der Waals surface area contributed by atoms with Crippen LogP contribution in [0, 0.1) is 5.92 Å². The van der Waals surface area contributed by atoms with Crippen molar-refractivity contribution in [1.29, 1.82) is 0 Å². The molecular formula is C30H28. The SMILES string of the molecule is C[C@H]1c2c(ccc3ccccc23)CC[C@H]1Cc1cccc2ccc3c(c12)C=CCC3. The molecule has 4 aromatic rings. The molecule has 30 heavy (non-hydrogen) atoms. The normalized spacial score (nSPS) is 20.3. The average molecular weight is 389 g/mol. The predicted octanol–water partition coefficient (Wildman–Crippen LogP) is 7.86. The molecule has 0 heteroatoms. The van der Waals surface area contributed by atoms with Gasteiger partial charge in [0.2, 0.25) is 0 Å². The Hall–Kier alpha value is -2.86. The third kappa shape index (κ3) is 2.82. The monoisotopic (exact) mass is 388 g/mol. The molecule has 0 bridgehead atoms. The Labute approximate surface area is 179 Å². The molecule has 0 saturated heterocycles. The molecule has 148 valence electrons. The van der Waals surface area contributed by atoms with Crippen LogP contribution in [0.1, 0.15) is 53.5 Å². The molecule has 0 saturated carbocycles. The van der Waals surface area contributed by atoms with Crippen LogP contribution in [0.25, 0.3) is 27.6 Å². The molecule has 0 aromatic heterocycles. The summed E-state index contributed by atoms with van der Waals surface area (Å²) in [6, 6.07) is 25.2. The first kappa shape index (κ1) is 18.0. The summed E-state index contributed by atoms with van der Waals surface area (Å²) in [5.74, 6) is 1.28. The Balaban J connectivity index is 1.43. The maximum absolute atomic E-state index is 2.47. The Morgan fingerprint density at radius 2 is 1.63 bits per heavy atom. The van der Waals surface area contributed by atoms with Crippen molar-refractivity contribution in [2.45, 2.75) is 44.9 Å². The Morgan fingerprint density at radius 3 is 2.60 bits per heavy atom. The van der Waals surface area contributed by atoms with Gasteiger partial charge in [-0.25, -0.2) is 0 Å². The number of hydrogen-bond donors (Lipinski definition) is 0. The summed E-state index contributed by atoms with van der Waals surface area (Å²) in [6.07, 6.45) is 10.7. The second-order valence-corrected chi connectivity index (χ2v) is 9.25. The lowest BCUT2D eigenvalue weighted by Crippen LogP contribution is -2.21. The highest BCUT2D eigenvalue weighted by Gasteiger charge is 2.28. The van der Waals surface area contributed by atoms with E-state index in [1.54, 1.807) is 11.1 Å². The van der Waals surface area contributed by atoms with Crippen LogP contribution in [-0.4, -0.2) is 0 Å². The fourth-order valence-electron chi connectivity index (χ4n) is 6.03. The third-order valence-electron chi connectivity index (χ3n) is 7.62. The van der Waals surface area contributed by atoms with E-state index in [1.165, 1.54) is 70.3 Å². The van der Waals surface area contributed by atoms with E-state index in [-0.39, 0.29) is 0 Å². The van der Waals surface area contributed by atoms with Gasteiger partial charge >= 0.3 is 0 Å². The quantitative estimate of drug-likeness (QED) is 0.328. The molecule has 0 radical (unpaired) electrons. The number of rotatable bonds is 2. The van der Waals surface area contributed by atoms with Gasteiger partial charge < -0.3 is 0 Å². The zero-order valence-electron chi connectivity index (χ0n) is 17.7. The topological polar surface area (TPSA) is 0 Å². The molecule has 0 heterocycles. The van der Waals surface area contributed by atoms with Crippen LogP contribution >= 0.6 is 0 Å². The van der Waals surface area contributed by atoms with Gasteiger partial charge in [0.25, 0.3) is 0 Å². The zero-order chi connectivity index (χ0) is 20.1. The molecule has 0 aliphatic heterocycles. The molecule has 6 rings (SSSR count). The second kappa shape index (κ2) is 7.13. The minimum absolute atomic E-state index is 0.588. The van der Waals surface area contributed by atoms with Gasteiger partial charge in [-0.2, -0.15) is 0 Å². The van der Waals surface area contributed by atoms with Crippen molar-refractivity contribution in [3.63, 3.8) is 0 Å². The number of benzene rings is 4. The Bertz CT molecular complexity index is 1290. The van der Waals surface area contributed by atoms with Gasteiger partial charge in [-0.05, 0) is 93.3 Å². The van der Waals surface area contributed by atoms with E-state index in [0.29, 0.717) is 11.8 Å². The van der Waals surface area contributed by atoms with E-state index in [1.807, 2.05) is 0 Å². The third-order valence-corrected chi connectivity index (χ3v) is 7.62. The molecular weight excluding hydrogens is 360 g/mol. The van der Waals surface area contributed by atoms with E-state index in [4.69, 9.17) is 0 Å². The lowest BCUT2D eigenvalue weighted by atomic mass is 9.71. The summed E-state index contributed by atoms with van der Waals surface area (Å²) in [6.45, 7) is 2.47. The first-order valence-corrected chi connectivity index (χ1v) is 11.5. The van der Waals surface area contributed by atoms with E-state index in [9.17, 15) is 0 Å². The molecule has 2 aliphatic rings. The summed E-state index contributed by atoms with van der Waals surface area (Å²) < 4.78 is 0. The minimum atomic E-state index is 0.588. The molecule has 2 aliphatic carbocycles.